The predicted molar refractivity (Wildman–Crippen MR) is 57.3 cm³/mol. The Labute approximate surface area is 86.0 Å². The Balaban J connectivity index is 2.49. The molecule has 82 valence electrons. The molecular formula is C10H21N3O. The molecule has 2 N–H and O–H groups in total. The van der Waals surface area contributed by atoms with Crippen molar-refractivity contribution in [3.63, 3.8) is 0 Å². The van der Waals surface area contributed by atoms with Gasteiger partial charge in [-0.05, 0) is 13.8 Å². The standard InChI is InChI=1S/C10H21N3O/c1-7(2)12-9-5-11-10(14)13(6-9)8(3)4/h7-9,12H,5-6H2,1-4H3,(H,11,14). The molecule has 1 aliphatic rings. The van der Waals surface area contributed by atoms with E-state index in [1.165, 1.54) is 0 Å². The number of carbonyl (C=O) groups is 1. The van der Waals surface area contributed by atoms with Crippen molar-refractivity contribution < 1.29 is 4.79 Å². The molecular weight excluding hydrogens is 178 g/mol. The largest absolute Gasteiger partial charge is 0.336 e. The van der Waals surface area contributed by atoms with Crippen molar-refractivity contribution >= 4 is 6.03 Å². The van der Waals surface area contributed by atoms with Crippen LogP contribution in [0.3, 0.4) is 0 Å². The van der Waals surface area contributed by atoms with Gasteiger partial charge in [0, 0.05) is 31.2 Å². The Morgan fingerprint density at radius 1 is 1.43 bits per heavy atom. The topological polar surface area (TPSA) is 44.4 Å². The van der Waals surface area contributed by atoms with Gasteiger partial charge in [-0.1, -0.05) is 13.8 Å². The van der Waals surface area contributed by atoms with E-state index in [2.05, 4.69) is 24.5 Å². The van der Waals surface area contributed by atoms with Gasteiger partial charge < -0.3 is 15.5 Å². The summed E-state index contributed by atoms with van der Waals surface area (Å²) in [7, 11) is 0. The van der Waals surface area contributed by atoms with Crippen LogP contribution in [0, 0.1) is 0 Å². The molecule has 1 rings (SSSR count). The molecule has 4 nitrogen and oxygen atoms in total. The molecule has 4 heteroatoms. The first kappa shape index (κ1) is 11.3. The lowest BCUT2D eigenvalue weighted by molar-refractivity contribution is 0.155. The summed E-state index contributed by atoms with van der Waals surface area (Å²) >= 11 is 0. The van der Waals surface area contributed by atoms with Crippen molar-refractivity contribution in [2.45, 2.75) is 45.8 Å². The zero-order valence-corrected chi connectivity index (χ0v) is 9.50. The molecule has 0 aromatic carbocycles. The summed E-state index contributed by atoms with van der Waals surface area (Å²) in [6, 6.07) is 1.16. The van der Waals surface area contributed by atoms with Gasteiger partial charge in [-0.2, -0.15) is 0 Å². The highest BCUT2D eigenvalue weighted by Gasteiger charge is 2.26. The number of hydrogen-bond donors (Lipinski definition) is 2. The number of nitrogens with zero attached hydrogens (tertiary/aromatic N) is 1. The molecule has 0 aromatic heterocycles. The van der Waals surface area contributed by atoms with Crippen molar-refractivity contribution in [3.05, 3.63) is 0 Å². The first-order valence-electron chi connectivity index (χ1n) is 5.31. The number of urea groups is 1. The lowest BCUT2D eigenvalue weighted by atomic mass is 10.1. The van der Waals surface area contributed by atoms with E-state index >= 15 is 0 Å². The normalized spacial score (nSPS) is 23.1. The minimum Gasteiger partial charge on any atom is -0.336 e. The summed E-state index contributed by atoms with van der Waals surface area (Å²) < 4.78 is 0. The molecule has 1 fully saturated rings. The third kappa shape index (κ3) is 2.87. The van der Waals surface area contributed by atoms with E-state index in [0.717, 1.165) is 13.1 Å². The van der Waals surface area contributed by atoms with Gasteiger partial charge in [-0.25, -0.2) is 4.79 Å². The molecule has 14 heavy (non-hydrogen) atoms. The van der Waals surface area contributed by atoms with Crippen LogP contribution in [0.2, 0.25) is 0 Å². The van der Waals surface area contributed by atoms with E-state index in [1.54, 1.807) is 0 Å². The van der Waals surface area contributed by atoms with Crippen LogP contribution in [-0.2, 0) is 0 Å². The number of carbonyl (C=O) groups excluding carboxylic acids is 1. The third-order valence-electron chi connectivity index (χ3n) is 2.37. The Kier molecular flexibility index (Phi) is 3.75. The molecule has 0 aliphatic carbocycles. The Bertz CT molecular complexity index is 204. The first-order valence-corrected chi connectivity index (χ1v) is 5.31. The molecule has 0 bridgehead atoms. The fourth-order valence-electron chi connectivity index (χ4n) is 1.73. The van der Waals surface area contributed by atoms with Gasteiger partial charge in [0.2, 0.25) is 0 Å². The second-order valence-electron chi connectivity index (χ2n) is 4.45. The molecule has 1 saturated heterocycles. The highest BCUT2D eigenvalue weighted by molar-refractivity contribution is 5.75. The van der Waals surface area contributed by atoms with Crippen molar-refractivity contribution in [1.82, 2.24) is 15.5 Å². The van der Waals surface area contributed by atoms with Crippen molar-refractivity contribution in [1.29, 1.82) is 0 Å². The van der Waals surface area contributed by atoms with Gasteiger partial charge in [-0.3, -0.25) is 0 Å². The highest BCUT2D eigenvalue weighted by Crippen LogP contribution is 2.05. The van der Waals surface area contributed by atoms with E-state index < -0.39 is 0 Å². The third-order valence-corrected chi connectivity index (χ3v) is 2.37. The Hall–Kier alpha value is -0.770. The number of rotatable bonds is 3. The van der Waals surface area contributed by atoms with E-state index in [9.17, 15) is 4.79 Å². The average Bonchev–Trinajstić information content (AvgIpc) is 2.07. The summed E-state index contributed by atoms with van der Waals surface area (Å²) in [4.78, 5) is 13.3. The van der Waals surface area contributed by atoms with Crippen LogP contribution < -0.4 is 10.6 Å². The van der Waals surface area contributed by atoms with Crippen LogP contribution >= 0.6 is 0 Å². The molecule has 0 radical (unpaired) electrons. The lowest BCUT2D eigenvalue weighted by Crippen LogP contribution is -2.60. The summed E-state index contributed by atoms with van der Waals surface area (Å²) in [5.74, 6) is 0. The van der Waals surface area contributed by atoms with Gasteiger partial charge in [0.15, 0.2) is 0 Å². The molecule has 0 aromatic rings. The van der Waals surface area contributed by atoms with Gasteiger partial charge in [0.25, 0.3) is 0 Å². The van der Waals surface area contributed by atoms with E-state index in [1.807, 2.05) is 18.7 Å². The molecule has 1 unspecified atom stereocenters. The SMILES string of the molecule is CC(C)NC1CNC(=O)N(C(C)C)C1. The minimum absolute atomic E-state index is 0.0572. The van der Waals surface area contributed by atoms with Crippen LogP contribution in [0.5, 0.6) is 0 Å². The summed E-state index contributed by atoms with van der Waals surface area (Å²) in [5, 5.41) is 6.32. The predicted octanol–water partition coefficient (Wildman–Crippen LogP) is 0.787. The minimum atomic E-state index is 0.0572. The highest BCUT2D eigenvalue weighted by atomic mass is 16.2. The second-order valence-corrected chi connectivity index (χ2v) is 4.45. The van der Waals surface area contributed by atoms with Crippen molar-refractivity contribution in [2.75, 3.05) is 13.1 Å². The van der Waals surface area contributed by atoms with Gasteiger partial charge in [-0.15, -0.1) is 0 Å². The van der Waals surface area contributed by atoms with E-state index in [-0.39, 0.29) is 12.1 Å². The maximum atomic E-state index is 11.5. The van der Waals surface area contributed by atoms with Crippen molar-refractivity contribution in [3.8, 4) is 0 Å². The molecule has 1 heterocycles. The summed E-state index contributed by atoms with van der Waals surface area (Å²) in [6.07, 6.45) is 0. The van der Waals surface area contributed by atoms with Crippen molar-refractivity contribution in [2.24, 2.45) is 0 Å². The second kappa shape index (κ2) is 4.64. The van der Waals surface area contributed by atoms with E-state index in [4.69, 9.17) is 0 Å². The van der Waals surface area contributed by atoms with Crippen LogP contribution in [0.25, 0.3) is 0 Å². The quantitative estimate of drug-likeness (QED) is 0.705. The van der Waals surface area contributed by atoms with Crippen LogP contribution in [0.15, 0.2) is 0 Å². The molecule has 2 amide bonds. The fourth-order valence-corrected chi connectivity index (χ4v) is 1.73. The maximum Gasteiger partial charge on any atom is 0.317 e. The zero-order chi connectivity index (χ0) is 10.7. The Morgan fingerprint density at radius 3 is 2.57 bits per heavy atom. The average molecular weight is 199 g/mol. The molecule has 0 saturated carbocycles. The lowest BCUT2D eigenvalue weighted by Gasteiger charge is -2.37. The van der Waals surface area contributed by atoms with Gasteiger partial charge in [0.1, 0.15) is 0 Å². The summed E-state index contributed by atoms with van der Waals surface area (Å²) in [6.45, 7) is 9.86. The molecule has 1 aliphatic heterocycles. The molecule has 0 spiro atoms. The summed E-state index contributed by atoms with van der Waals surface area (Å²) in [5.41, 5.74) is 0. The van der Waals surface area contributed by atoms with Gasteiger partial charge in [0.05, 0.1) is 0 Å². The fraction of sp³-hybridized carbons (Fsp3) is 0.900. The molecule has 1 atom stereocenters. The van der Waals surface area contributed by atoms with E-state index in [0.29, 0.717) is 12.1 Å². The number of nitrogens with one attached hydrogen (secondary N) is 2. The van der Waals surface area contributed by atoms with Crippen LogP contribution in [-0.4, -0.2) is 42.1 Å². The number of amides is 2. The van der Waals surface area contributed by atoms with Crippen LogP contribution in [0.4, 0.5) is 4.79 Å². The smallest absolute Gasteiger partial charge is 0.317 e. The monoisotopic (exact) mass is 199 g/mol. The zero-order valence-electron chi connectivity index (χ0n) is 9.50. The maximum absolute atomic E-state index is 11.5. The Morgan fingerprint density at radius 2 is 2.07 bits per heavy atom. The van der Waals surface area contributed by atoms with Gasteiger partial charge >= 0.3 is 6.03 Å². The van der Waals surface area contributed by atoms with Crippen LogP contribution in [0.1, 0.15) is 27.7 Å². The first-order chi connectivity index (χ1) is 6.50. The number of hydrogen-bond acceptors (Lipinski definition) is 2.